The molecule has 0 aliphatic carbocycles. The first-order valence-corrected chi connectivity index (χ1v) is 9.59. The van der Waals surface area contributed by atoms with Gasteiger partial charge in [-0.25, -0.2) is 9.59 Å². The molecule has 1 heterocycles. The standard InChI is InChI=1S/C22H24N2O7/c1-22(2,3)30-21(28)31-24-18-12-14(13-6-5-7-16(10-13)29-4)8-9-15(18)11-17(19(24)25)23-20(26)27/h5-10,12,17,23H,11H2,1-4H3,(H,26,27). The van der Waals surface area contributed by atoms with Crippen molar-refractivity contribution in [3.05, 3.63) is 48.0 Å². The summed E-state index contributed by atoms with van der Waals surface area (Å²) in [7, 11) is 1.57. The number of fused-ring (bicyclic) bond motifs is 1. The van der Waals surface area contributed by atoms with E-state index in [0.29, 0.717) is 17.0 Å². The Morgan fingerprint density at radius 3 is 2.48 bits per heavy atom. The van der Waals surface area contributed by atoms with E-state index in [1.165, 1.54) is 0 Å². The summed E-state index contributed by atoms with van der Waals surface area (Å²) in [5.74, 6) is -0.0533. The van der Waals surface area contributed by atoms with Crippen LogP contribution in [0.5, 0.6) is 5.75 Å². The lowest BCUT2D eigenvalue weighted by molar-refractivity contribution is -0.128. The van der Waals surface area contributed by atoms with Gasteiger partial charge in [0.05, 0.1) is 12.8 Å². The number of methoxy groups -OCH3 is 1. The van der Waals surface area contributed by atoms with E-state index in [2.05, 4.69) is 5.32 Å². The maximum absolute atomic E-state index is 12.9. The van der Waals surface area contributed by atoms with E-state index >= 15 is 0 Å². The van der Waals surface area contributed by atoms with Crippen molar-refractivity contribution in [3.63, 3.8) is 0 Å². The van der Waals surface area contributed by atoms with Gasteiger partial charge in [-0.05, 0) is 55.7 Å². The Hall–Kier alpha value is -3.75. The number of hydroxylamine groups is 1. The molecule has 164 valence electrons. The van der Waals surface area contributed by atoms with E-state index in [0.717, 1.165) is 16.2 Å². The number of hydrogen-bond donors (Lipinski definition) is 2. The Morgan fingerprint density at radius 2 is 1.84 bits per heavy atom. The highest BCUT2D eigenvalue weighted by Crippen LogP contribution is 2.34. The molecule has 9 heteroatoms. The fraction of sp³-hybridized carbons (Fsp3) is 0.318. The van der Waals surface area contributed by atoms with Crippen LogP contribution in [0.15, 0.2) is 42.5 Å². The van der Waals surface area contributed by atoms with Gasteiger partial charge in [0.15, 0.2) is 0 Å². The van der Waals surface area contributed by atoms with Gasteiger partial charge in [0.2, 0.25) is 0 Å². The molecule has 3 rings (SSSR count). The minimum Gasteiger partial charge on any atom is -0.497 e. The molecule has 0 aromatic heterocycles. The molecule has 1 aliphatic rings. The quantitative estimate of drug-likeness (QED) is 0.713. The van der Waals surface area contributed by atoms with Crippen LogP contribution in [0.2, 0.25) is 0 Å². The first-order valence-electron chi connectivity index (χ1n) is 9.59. The second-order valence-electron chi connectivity index (χ2n) is 7.97. The van der Waals surface area contributed by atoms with Crippen molar-refractivity contribution >= 4 is 23.8 Å². The smallest absolute Gasteiger partial charge is 0.497 e. The van der Waals surface area contributed by atoms with Crippen LogP contribution in [0.4, 0.5) is 15.3 Å². The molecule has 2 amide bonds. The van der Waals surface area contributed by atoms with Crippen molar-refractivity contribution in [1.82, 2.24) is 5.32 Å². The van der Waals surface area contributed by atoms with Crippen molar-refractivity contribution in [2.45, 2.75) is 38.8 Å². The van der Waals surface area contributed by atoms with Gasteiger partial charge < -0.3 is 19.9 Å². The molecule has 0 fully saturated rings. The Bertz CT molecular complexity index is 1010. The topological polar surface area (TPSA) is 114 Å². The Morgan fingerprint density at radius 1 is 1.13 bits per heavy atom. The van der Waals surface area contributed by atoms with Crippen LogP contribution < -0.4 is 15.1 Å². The number of nitrogens with one attached hydrogen (secondary N) is 1. The van der Waals surface area contributed by atoms with Gasteiger partial charge in [0, 0.05) is 6.42 Å². The summed E-state index contributed by atoms with van der Waals surface area (Å²) < 4.78 is 10.4. The van der Waals surface area contributed by atoms with Gasteiger partial charge in [-0.3, -0.25) is 9.63 Å². The molecule has 31 heavy (non-hydrogen) atoms. The van der Waals surface area contributed by atoms with Crippen LogP contribution in [0, 0.1) is 0 Å². The minimum absolute atomic E-state index is 0.118. The second-order valence-corrected chi connectivity index (χ2v) is 7.97. The van der Waals surface area contributed by atoms with E-state index in [1.54, 1.807) is 40.0 Å². The zero-order chi connectivity index (χ0) is 22.8. The number of hydrogen-bond acceptors (Lipinski definition) is 6. The summed E-state index contributed by atoms with van der Waals surface area (Å²) in [5, 5.41) is 12.0. The number of carbonyl (C=O) groups is 3. The third-order valence-electron chi connectivity index (χ3n) is 4.48. The molecular weight excluding hydrogens is 404 g/mol. The van der Waals surface area contributed by atoms with Crippen molar-refractivity contribution in [3.8, 4) is 16.9 Å². The highest BCUT2D eigenvalue weighted by atomic mass is 16.8. The molecule has 1 unspecified atom stereocenters. The van der Waals surface area contributed by atoms with Crippen LogP contribution in [0.3, 0.4) is 0 Å². The van der Waals surface area contributed by atoms with Crippen LogP contribution in [-0.4, -0.2) is 42.0 Å². The molecule has 2 N–H and O–H groups in total. The molecule has 2 aromatic carbocycles. The van der Waals surface area contributed by atoms with Gasteiger partial charge in [0.25, 0.3) is 5.91 Å². The molecule has 1 aliphatic heterocycles. The van der Waals surface area contributed by atoms with E-state index in [4.69, 9.17) is 19.4 Å². The molecular formula is C22H24N2O7. The average Bonchev–Trinajstić information content (AvgIpc) is 2.69. The van der Waals surface area contributed by atoms with Crippen LogP contribution in [0.25, 0.3) is 11.1 Å². The summed E-state index contributed by atoms with van der Waals surface area (Å²) in [5.41, 5.74) is 1.72. The van der Waals surface area contributed by atoms with Crippen LogP contribution in [0.1, 0.15) is 26.3 Å². The molecule has 0 spiro atoms. The number of carbonyl (C=O) groups excluding carboxylic acids is 2. The summed E-state index contributed by atoms with van der Waals surface area (Å²) in [6.45, 7) is 4.99. The Balaban J connectivity index is 2.00. The fourth-order valence-electron chi connectivity index (χ4n) is 3.17. The Kier molecular flexibility index (Phi) is 6.05. The number of anilines is 1. The largest absolute Gasteiger partial charge is 0.534 e. The van der Waals surface area contributed by atoms with Crippen LogP contribution in [-0.2, 0) is 20.8 Å². The van der Waals surface area contributed by atoms with Gasteiger partial charge >= 0.3 is 12.2 Å². The molecule has 0 radical (unpaired) electrons. The van der Waals surface area contributed by atoms with E-state index in [9.17, 15) is 14.4 Å². The molecule has 9 nitrogen and oxygen atoms in total. The van der Waals surface area contributed by atoms with E-state index in [1.807, 2.05) is 30.3 Å². The Labute approximate surface area is 179 Å². The summed E-state index contributed by atoms with van der Waals surface area (Å²) >= 11 is 0. The number of rotatable bonds is 4. The van der Waals surface area contributed by atoms with Crippen LogP contribution >= 0.6 is 0 Å². The SMILES string of the molecule is COc1cccc(-c2ccc3c(c2)N(OC(=O)OC(C)(C)C)C(=O)C(NC(=O)O)C3)c1. The highest BCUT2D eigenvalue weighted by molar-refractivity contribution is 6.01. The van der Waals surface area contributed by atoms with Gasteiger partial charge in [-0.2, -0.15) is 0 Å². The van der Waals surface area contributed by atoms with Gasteiger partial charge in [-0.1, -0.05) is 24.3 Å². The lowest BCUT2D eigenvalue weighted by atomic mass is 9.95. The molecule has 2 aromatic rings. The normalized spacial score (nSPS) is 15.7. The van der Waals surface area contributed by atoms with Gasteiger partial charge in [-0.15, -0.1) is 5.06 Å². The number of ether oxygens (including phenoxy) is 2. The molecule has 0 saturated heterocycles. The third kappa shape index (κ3) is 5.25. The first kappa shape index (κ1) is 21.9. The minimum atomic E-state index is -1.35. The van der Waals surface area contributed by atoms with Crippen molar-refractivity contribution in [2.24, 2.45) is 0 Å². The maximum Gasteiger partial charge on any atom is 0.534 e. The summed E-state index contributed by atoms with van der Waals surface area (Å²) in [6, 6.07) is 11.6. The zero-order valence-electron chi connectivity index (χ0n) is 17.7. The summed E-state index contributed by atoms with van der Waals surface area (Å²) in [4.78, 5) is 41.5. The fourth-order valence-corrected chi connectivity index (χ4v) is 3.17. The highest BCUT2D eigenvalue weighted by Gasteiger charge is 2.37. The lowest BCUT2D eigenvalue weighted by Gasteiger charge is -2.32. The second kappa shape index (κ2) is 8.55. The number of benzene rings is 2. The number of amides is 2. The lowest BCUT2D eigenvalue weighted by Crippen LogP contribution is -2.53. The molecule has 0 saturated carbocycles. The predicted molar refractivity (Wildman–Crippen MR) is 112 cm³/mol. The van der Waals surface area contributed by atoms with E-state index in [-0.39, 0.29) is 6.42 Å². The number of carboxylic acid groups (broad SMARTS) is 1. The van der Waals surface area contributed by atoms with Crippen molar-refractivity contribution in [1.29, 1.82) is 0 Å². The maximum atomic E-state index is 12.9. The molecule has 0 bridgehead atoms. The average molecular weight is 428 g/mol. The predicted octanol–water partition coefficient (Wildman–Crippen LogP) is 3.75. The summed E-state index contributed by atoms with van der Waals surface area (Å²) in [6.07, 6.45) is -2.31. The molecule has 1 atom stereocenters. The van der Waals surface area contributed by atoms with Crippen molar-refractivity contribution < 1.29 is 33.8 Å². The first-order chi connectivity index (χ1) is 14.6. The zero-order valence-corrected chi connectivity index (χ0v) is 17.7. The van der Waals surface area contributed by atoms with Crippen molar-refractivity contribution in [2.75, 3.05) is 12.2 Å². The number of nitrogens with zero attached hydrogens (tertiary/aromatic N) is 1. The van der Waals surface area contributed by atoms with Gasteiger partial charge in [0.1, 0.15) is 17.4 Å². The van der Waals surface area contributed by atoms with E-state index < -0.39 is 29.8 Å². The monoisotopic (exact) mass is 428 g/mol. The third-order valence-corrected chi connectivity index (χ3v) is 4.48.